The molecule has 0 aromatic heterocycles. The number of nitrogens with zero attached hydrogens (tertiary/aromatic N) is 3. The lowest BCUT2D eigenvalue weighted by Crippen LogP contribution is -2.39. The zero-order valence-corrected chi connectivity index (χ0v) is 23.7. The molecule has 1 aliphatic carbocycles. The Labute approximate surface area is 240 Å². The highest BCUT2D eigenvalue weighted by molar-refractivity contribution is 9.10. The molecule has 9 heteroatoms. The molecule has 0 saturated heterocycles. The fourth-order valence-electron chi connectivity index (χ4n) is 5.61. The fraction of sp³-hybridized carbons (Fsp3) is 0.226. The maximum absolute atomic E-state index is 13.6. The number of hydrogen-bond acceptors (Lipinski definition) is 7. The number of nitriles is 1. The van der Waals surface area contributed by atoms with E-state index < -0.39 is 10.8 Å². The molecule has 1 aliphatic heterocycles. The predicted octanol–water partition coefficient (Wildman–Crippen LogP) is 6.86. The van der Waals surface area contributed by atoms with Crippen LogP contribution in [0.4, 0.5) is 11.4 Å². The van der Waals surface area contributed by atoms with Crippen molar-refractivity contribution < 1.29 is 14.5 Å². The number of aryl methyl sites for hydroxylation is 1. The molecule has 5 rings (SSSR count). The van der Waals surface area contributed by atoms with Gasteiger partial charge in [0.1, 0.15) is 23.9 Å². The first-order valence-electron chi connectivity index (χ1n) is 12.9. The van der Waals surface area contributed by atoms with Gasteiger partial charge in [-0.1, -0.05) is 42.0 Å². The summed E-state index contributed by atoms with van der Waals surface area (Å²) >= 11 is 3.52. The van der Waals surface area contributed by atoms with Crippen molar-refractivity contribution >= 4 is 33.1 Å². The van der Waals surface area contributed by atoms with E-state index in [1.807, 2.05) is 50.2 Å². The SMILES string of the molecule is Cc1cc(COc2ccccc2Br)c(C)c(C2C(C#N)=C(N)N(c3ccccc3[N+](=O)[O-])C3=C2C(=O)CCC3)c1. The molecule has 2 aliphatic rings. The van der Waals surface area contributed by atoms with Crippen LogP contribution in [0.25, 0.3) is 0 Å². The van der Waals surface area contributed by atoms with Crippen LogP contribution in [0, 0.1) is 35.3 Å². The average Bonchev–Trinajstić information content (AvgIpc) is 2.93. The van der Waals surface area contributed by atoms with E-state index in [1.54, 1.807) is 23.1 Å². The number of halogens is 1. The number of carbonyl (C=O) groups is 1. The van der Waals surface area contributed by atoms with Crippen LogP contribution < -0.4 is 15.4 Å². The summed E-state index contributed by atoms with van der Waals surface area (Å²) in [7, 11) is 0. The highest BCUT2D eigenvalue weighted by Gasteiger charge is 2.42. The Morgan fingerprint density at radius 3 is 2.60 bits per heavy atom. The minimum atomic E-state index is -0.686. The van der Waals surface area contributed by atoms with Crippen LogP contribution in [0.5, 0.6) is 5.75 Å². The van der Waals surface area contributed by atoms with Gasteiger partial charge in [0.15, 0.2) is 5.78 Å². The van der Waals surface area contributed by atoms with E-state index in [0.717, 1.165) is 26.7 Å². The van der Waals surface area contributed by atoms with E-state index >= 15 is 0 Å². The third kappa shape index (κ3) is 4.75. The van der Waals surface area contributed by atoms with Gasteiger partial charge in [-0.2, -0.15) is 5.26 Å². The first kappa shape index (κ1) is 27.2. The molecule has 0 amide bonds. The zero-order valence-electron chi connectivity index (χ0n) is 22.1. The number of benzene rings is 3. The normalized spacial score (nSPS) is 17.0. The summed E-state index contributed by atoms with van der Waals surface area (Å²) in [5, 5.41) is 22.3. The number of ether oxygens (including phenoxy) is 1. The Balaban J connectivity index is 1.67. The van der Waals surface area contributed by atoms with Gasteiger partial charge in [-0.3, -0.25) is 19.8 Å². The van der Waals surface area contributed by atoms with Crippen molar-refractivity contribution in [3.05, 3.63) is 120 Å². The van der Waals surface area contributed by atoms with Crippen molar-refractivity contribution in [3.8, 4) is 11.8 Å². The van der Waals surface area contributed by atoms with E-state index in [1.165, 1.54) is 6.07 Å². The number of nitro groups is 1. The van der Waals surface area contributed by atoms with E-state index in [4.69, 9.17) is 10.5 Å². The molecule has 8 nitrogen and oxygen atoms in total. The monoisotopic (exact) mass is 598 g/mol. The van der Waals surface area contributed by atoms with Crippen molar-refractivity contribution in [2.75, 3.05) is 4.90 Å². The molecule has 2 N–H and O–H groups in total. The van der Waals surface area contributed by atoms with E-state index in [-0.39, 0.29) is 28.6 Å². The van der Waals surface area contributed by atoms with Crippen LogP contribution in [0.15, 0.2) is 87.8 Å². The van der Waals surface area contributed by atoms with Gasteiger partial charge in [0, 0.05) is 23.8 Å². The Kier molecular flexibility index (Phi) is 7.46. The summed E-state index contributed by atoms with van der Waals surface area (Å²) in [5.41, 5.74) is 11.6. The largest absolute Gasteiger partial charge is 0.488 e. The first-order valence-corrected chi connectivity index (χ1v) is 13.7. The lowest BCUT2D eigenvalue weighted by molar-refractivity contribution is -0.384. The summed E-state index contributed by atoms with van der Waals surface area (Å²) < 4.78 is 6.95. The molecule has 3 aromatic rings. The van der Waals surface area contributed by atoms with Crippen molar-refractivity contribution in [2.45, 2.75) is 45.6 Å². The number of rotatable bonds is 6. The zero-order chi connectivity index (χ0) is 28.6. The number of para-hydroxylation sites is 3. The summed E-state index contributed by atoms with van der Waals surface area (Å²) in [6.07, 6.45) is 1.43. The van der Waals surface area contributed by atoms with Crippen LogP contribution in [0.2, 0.25) is 0 Å². The predicted molar refractivity (Wildman–Crippen MR) is 155 cm³/mol. The smallest absolute Gasteiger partial charge is 0.293 e. The Hall–Kier alpha value is -4.42. The van der Waals surface area contributed by atoms with Crippen LogP contribution in [-0.2, 0) is 11.4 Å². The molecule has 0 saturated carbocycles. The van der Waals surface area contributed by atoms with Crippen molar-refractivity contribution in [1.29, 1.82) is 5.26 Å². The molecule has 0 spiro atoms. The second-order valence-electron chi connectivity index (χ2n) is 9.92. The topological polar surface area (TPSA) is 122 Å². The molecule has 1 heterocycles. The number of carbonyl (C=O) groups excluding carboxylic acids is 1. The van der Waals surface area contributed by atoms with Crippen molar-refractivity contribution in [3.63, 3.8) is 0 Å². The minimum Gasteiger partial charge on any atom is -0.488 e. The number of hydrogen-bond donors (Lipinski definition) is 1. The molecule has 0 bridgehead atoms. The number of allylic oxidation sites excluding steroid dienone is 3. The van der Waals surface area contributed by atoms with Gasteiger partial charge in [0.25, 0.3) is 5.69 Å². The second-order valence-corrected chi connectivity index (χ2v) is 10.8. The molecule has 1 atom stereocenters. The number of anilines is 1. The van der Waals surface area contributed by atoms with Gasteiger partial charge in [-0.15, -0.1) is 0 Å². The number of ketones is 1. The Morgan fingerprint density at radius 1 is 1.15 bits per heavy atom. The molecule has 0 radical (unpaired) electrons. The van der Waals surface area contributed by atoms with E-state index in [2.05, 4.69) is 22.0 Å². The van der Waals surface area contributed by atoms with Crippen molar-refractivity contribution in [2.24, 2.45) is 5.73 Å². The van der Waals surface area contributed by atoms with E-state index in [0.29, 0.717) is 42.9 Å². The summed E-state index contributed by atoms with van der Waals surface area (Å²) in [6.45, 7) is 4.21. The van der Waals surface area contributed by atoms with Crippen molar-refractivity contribution in [1.82, 2.24) is 0 Å². The maximum Gasteiger partial charge on any atom is 0.293 e. The van der Waals surface area contributed by atoms with Crippen LogP contribution in [-0.4, -0.2) is 10.7 Å². The second kappa shape index (κ2) is 11.0. The van der Waals surface area contributed by atoms with Gasteiger partial charge in [-0.05, 0) is 77.5 Å². The maximum atomic E-state index is 13.6. The van der Waals surface area contributed by atoms with Gasteiger partial charge >= 0.3 is 0 Å². The average molecular weight is 599 g/mol. The lowest BCUT2D eigenvalue weighted by atomic mass is 9.73. The Morgan fingerprint density at radius 2 is 1.88 bits per heavy atom. The minimum absolute atomic E-state index is 0.0815. The number of nitro benzene ring substituents is 1. The van der Waals surface area contributed by atoms with E-state index in [9.17, 15) is 20.2 Å². The molecule has 40 heavy (non-hydrogen) atoms. The van der Waals surface area contributed by atoms with Gasteiger partial charge in [0.05, 0.1) is 27.0 Å². The number of Topliss-reactive ketones (excluding diaryl/α,β-unsaturated/α-hetero) is 1. The molecular formula is C31H27BrN4O4. The quantitative estimate of drug-likeness (QED) is 0.243. The molecule has 202 valence electrons. The molecule has 1 unspecified atom stereocenters. The highest BCUT2D eigenvalue weighted by Crippen LogP contribution is 2.48. The van der Waals surface area contributed by atoms with Crippen LogP contribution in [0.1, 0.15) is 47.4 Å². The molecular weight excluding hydrogens is 572 g/mol. The molecule has 0 fully saturated rings. The first-order chi connectivity index (χ1) is 19.2. The third-order valence-electron chi connectivity index (χ3n) is 7.46. The standard InChI is InChI=1S/C31H27BrN4O4/c1-18-14-20(17-40-28-13-6-3-8-23(28)32)19(2)21(15-18)29-22(16-33)31(34)35(26-11-7-12-27(37)30(26)29)24-9-4-5-10-25(24)36(38)39/h3-6,8-10,13-15,29H,7,11-12,17,34H2,1-2H3. The summed E-state index contributed by atoms with van der Waals surface area (Å²) in [6, 6.07) is 20.1. The van der Waals surface area contributed by atoms with Gasteiger partial charge < -0.3 is 10.5 Å². The highest BCUT2D eigenvalue weighted by atomic mass is 79.9. The third-order valence-corrected chi connectivity index (χ3v) is 8.12. The fourth-order valence-corrected chi connectivity index (χ4v) is 6.01. The summed E-state index contributed by atoms with van der Waals surface area (Å²) in [5.74, 6) is 0.0372. The Bertz CT molecular complexity index is 1650. The van der Waals surface area contributed by atoms with Crippen LogP contribution >= 0.6 is 15.9 Å². The summed E-state index contributed by atoms with van der Waals surface area (Å²) in [4.78, 5) is 26.5. The number of nitrogens with two attached hydrogens (primary N) is 1. The lowest BCUT2D eigenvalue weighted by Gasteiger charge is -2.39. The van der Waals surface area contributed by atoms with Gasteiger partial charge in [0.2, 0.25) is 0 Å². The molecule has 3 aromatic carbocycles. The van der Waals surface area contributed by atoms with Gasteiger partial charge in [-0.25, -0.2) is 0 Å². The van der Waals surface area contributed by atoms with Crippen LogP contribution in [0.3, 0.4) is 0 Å².